The average Bonchev–Trinajstić information content (AvgIpc) is 3.78. The summed E-state index contributed by atoms with van der Waals surface area (Å²) in [5, 5.41) is 1.33. The van der Waals surface area contributed by atoms with Crippen molar-refractivity contribution in [1.82, 2.24) is 14.5 Å². The Morgan fingerprint density at radius 1 is 0.526 bits per heavy atom. The zero-order chi connectivity index (χ0) is 37.5. The molecule has 7 aromatic carbocycles. The minimum Gasteiger partial charge on any atom is -0.456 e. The highest BCUT2D eigenvalue weighted by atomic mass is 16.5. The number of ether oxygens (including phenoxy) is 1. The van der Waals surface area contributed by atoms with Crippen molar-refractivity contribution in [2.75, 3.05) is 0 Å². The summed E-state index contributed by atoms with van der Waals surface area (Å²) in [6, 6.07) is 62.7. The Morgan fingerprint density at radius 3 is 1.98 bits per heavy atom. The van der Waals surface area contributed by atoms with Crippen LogP contribution in [-0.4, -0.2) is 14.5 Å². The van der Waals surface area contributed by atoms with Crippen LogP contribution < -0.4 is 4.74 Å². The Balaban J connectivity index is 1.05. The third-order valence-electron chi connectivity index (χ3n) is 12.2. The van der Waals surface area contributed by atoms with E-state index in [9.17, 15) is 0 Å². The zero-order valence-electron chi connectivity index (χ0n) is 31.1. The summed E-state index contributed by atoms with van der Waals surface area (Å²) >= 11 is 0. The van der Waals surface area contributed by atoms with Crippen LogP contribution in [0.5, 0.6) is 11.5 Å². The summed E-state index contributed by atoms with van der Waals surface area (Å²) in [6.07, 6.45) is 6.70. The van der Waals surface area contributed by atoms with Crippen molar-refractivity contribution in [3.05, 3.63) is 216 Å². The predicted octanol–water partition coefficient (Wildman–Crippen LogP) is 12.8. The molecule has 9 aromatic rings. The lowest BCUT2D eigenvalue weighted by molar-refractivity contribution is 0.438. The van der Waals surface area contributed by atoms with Gasteiger partial charge in [0, 0.05) is 44.6 Å². The molecule has 0 unspecified atom stereocenters. The van der Waals surface area contributed by atoms with Crippen LogP contribution in [0.1, 0.15) is 39.9 Å². The summed E-state index contributed by atoms with van der Waals surface area (Å²) < 4.78 is 9.43. The standard InChI is InChI=1S/C53H35N3O/c1-2-15-35(16-3-1)52-54-46(34-29-31-36(32-30-34)56-48-26-11-6-19-39(48)40-20-7-12-27-49(40)56)33-47(55-52)41-21-14-25-45-51(41)57-50-28-13-10-24-44(50)53(45)42-22-8-4-17-37(42)38-18-5-9-23-43(38)53/h1-6,8-19,21-33H,7,20H2. The van der Waals surface area contributed by atoms with Gasteiger partial charge < -0.3 is 9.30 Å². The average molecular weight is 730 g/mol. The largest absolute Gasteiger partial charge is 0.456 e. The fourth-order valence-corrected chi connectivity index (χ4v) is 9.78. The molecule has 0 saturated carbocycles. The van der Waals surface area contributed by atoms with Crippen LogP contribution in [0.25, 0.3) is 67.7 Å². The zero-order valence-corrected chi connectivity index (χ0v) is 31.1. The Morgan fingerprint density at radius 2 is 1.18 bits per heavy atom. The van der Waals surface area contributed by atoms with Crippen molar-refractivity contribution in [3.63, 3.8) is 0 Å². The summed E-state index contributed by atoms with van der Waals surface area (Å²) in [5.74, 6) is 2.34. The van der Waals surface area contributed by atoms with Gasteiger partial charge in [0.15, 0.2) is 5.82 Å². The fourth-order valence-electron chi connectivity index (χ4n) is 9.78. The monoisotopic (exact) mass is 729 g/mol. The minimum absolute atomic E-state index is 0.557. The molecule has 0 N–H and O–H groups in total. The van der Waals surface area contributed by atoms with Crippen LogP contribution in [0, 0.1) is 0 Å². The smallest absolute Gasteiger partial charge is 0.160 e. The molecule has 1 aliphatic heterocycles. The lowest BCUT2D eigenvalue weighted by Crippen LogP contribution is -2.32. The number of benzene rings is 7. The second kappa shape index (κ2) is 12.4. The number of aryl methyl sites for hydroxylation is 1. The first-order valence-electron chi connectivity index (χ1n) is 19.7. The molecule has 4 heteroatoms. The maximum absolute atomic E-state index is 7.04. The third-order valence-corrected chi connectivity index (χ3v) is 12.2. The van der Waals surface area contributed by atoms with E-state index in [1.54, 1.807) is 0 Å². The molecule has 2 aliphatic carbocycles. The molecule has 268 valence electrons. The summed E-state index contributed by atoms with van der Waals surface area (Å²) in [5.41, 5.74) is 16.4. The van der Waals surface area contributed by atoms with E-state index in [1.165, 1.54) is 44.4 Å². The number of allylic oxidation sites excluding steroid dienone is 1. The number of fused-ring (bicyclic) bond motifs is 12. The van der Waals surface area contributed by atoms with Gasteiger partial charge in [0.25, 0.3) is 0 Å². The van der Waals surface area contributed by atoms with Crippen LogP contribution in [0.4, 0.5) is 0 Å². The maximum Gasteiger partial charge on any atom is 0.160 e. The predicted molar refractivity (Wildman–Crippen MR) is 230 cm³/mol. The van der Waals surface area contributed by atoms with Gasteiger partial charge in [0.05, 0.1) is 22.3 Å². The SMILES string of the molecule is C1=Cc2c(c3ccccc3n2-c2ccc(-c3cc(-c4cccc5c4Oc4ccccc4C54c5ccccc5-c5ccccc54)nc(-c4ccccc4)n3)cc2)CC1. The van der Waals surface area contributed by atoms with Crippen LogP contribution in [0.15, 0.2) is 182 Å². The first-order chi connectivity index (χ1) is 28.3. The molecular formula is C53H35N3O. The van der Waals surface area contributed by atoms with E-state index in [2.05, 4.69) is 174 Å². The van der Waals surface area contributed by atoms with Gasteiger partial charge >= 0.3 is 0 Å². The number of hydrogen-bond donors (Lipinski definition) is 0. The van der Waals surface area contributed by atoms with Gasteiger partial charge in [-0.15, -0.1) is 0 Å². The highest BCUT2D eigenvalue weighted by Crippen LogP contribution is 2.63. The molecule has 0 radical (unpaired) electrons. The van der Waals surface area contributed by atoms with Gasteiger partial charge in [-0.1, -0.05) is 146 Å². The van der Waals surface area contributed by atoms with Gasteiger partial charge in [-0.2, -0.15) is 0 Å². The summed E-state index contributed by atoms with van der Waals surface area (Å²) in [6.45, 7) is 0. The van der Waals surface area contributed by atoms with E-state index in [0.717, 1.165) is 69.2 Å². The van der Waals surface area contributed by atoms with E-state index < -0.39 is 5.41 Å². The molecule has 0 fully saturated rings. The Hall–Kier alpha value is -7.30. The maximum atomic E-state index is 7.04. The quantitative estimate of drug-likeness (QED) is 0.181. The van der Waals surface area contributed by atoms with E-state index in [-0.39, 0.29) is 0 Å². The van der Waals surface area contributed by atoms with Crippen LogP contribution in [0.3, 0.4) is 0 Å². The molecule has 4 nitrogen and oxygen atoms in total. The second-order valence-corrected chi connectivity index (χ2v) is 15.2. The molecule has 0 amide bonds. The Labute approximate surface area is 331 Å². The summed E-state index contributed by atoms with van der Waals surface area (Å²) in [4.78, 5) is 10.5. The van der Waals surface area contributed by atoms with Crippen LogP contribution >= 0.6 is 0 Å². The van der Waals surface area contributed by atoms with Crippen molar-refractivity contribution in [1.29, 1.82) is 0 Å². The van der Waals surface area contributed by atoms with Crippen LogP contribution in [-0.2, 0) is 11.8 Å². The minimum atomic E-state index is -0.557. The third kappa shape index (κ3) is 4.62. The molecule has 12 rings (SSSR count). The number of aromatic nitrogens is 3. The van der Waals surface area contributed by atoms with Crippen molar-refractivity contribution in [2.24, 2.45) is 0 Å². The van der Waals surface area contributed by atoms with Gasteiger partial charge in [0.2, 0.25) is 0 Å². The van der Waals surface area contributed by atoms with Crippen LogP contribution in [0.2, 0.25) is 0 Å². The molecule has 0 bridgehead atoms. The second-order valence-electron chi connectivity index (χ2n) is 15.2. The number of hydrogen-bond acceptors (Lipinski definition) is 3. The number of para-hydroxylation sites is 3. The Bertz CT molecular complexity index is 3060. The van der Waals surface area contributed by atoms with Gasteiger partial charge in [0.1, 0.15) is 11.5 Å². The molecule has 1 spiro atoms. The number of rotatable bonds is 4. The molecule has 2 aromatic heterocycles. The normalized spacial score (nSPS) is 14.0. The highest BCUT2D eigenvalue weighted by Gasteiger charge is 2.51. The highest BCUT2D eigenvalue weighted by molar-refractivity contribution is 5.92. The molecular weight excluding hydrogens is 695 g/mol. The molecule has 0 saturated heterocycles. The van der Waals surface area contributed by atoms with Crippen molar-refractivity contribution in [3.8, 4) is 62.2 Å². The van der Waals surface area contributed by atoms with Crippen molar-refractivity contribution >= 4 is 17.0 Å². The molecule has 57 heavy (non-hydrogen) atoms. The van der Waals surface area contributed by atoms with E-state index in [4.69, 9.17) is 14.7 Å². The van der Waals surface area contributed by atoms with Gasteiger partial charge in [-0.05, 0) is 83.1 Å². The lowest BCUT2D eigenvalue weighted by Gasteiger charge is -2.40. The van der Waals surface area contributed by atoms with E-state index in [0.29, 0.717) is 5.82 Å². The first kappa shape index (κ1) is 32.0. The fraction of sp³-hybridized carbons (Fsp3) is 0.0566. The number of nitrogens with zero attached hydrogens (tertiary/aromatic N) is 3. The van der Waals surface area contributed by atoms with Crippen molar-refractivity contribution < 1.29 is 4.74 Å². The van der Waals surface area contributed by atoms with Gasteiger partial charge in [-0.25, -0.2) is 9.97 Å². The van der Waals surface area contributed by atoms with E-state index in [1.807, 2.05) is 18.2 Å². The Kier molecular flexibility index (Phi) is 6.93. The molecule has 3 heterocycles. The first-order valence-corrected chi connectivity index (χ1v) is 19.7. The van der Waals surface area contributed by atoms with Crippen molar-refractivity contribution in [2.45, 2.75) is 18.3 Å². The van der Waals surface area contributed by atoms with E-state index >= 15 is 0 Å². The topological polar surface area (TPSA) is 39.9 Å². The summed E-state index contributed by atoms with van der Waals surface area (Å²) in [7, 11) is 0. The molecule has 3 aliphatic rings. The molecule has 0 atom stereocenters. The lowest BCUT2D eigenvalue weighted by atomic mass is 9.65. The van der Waals surface area contributed by atoms with Gasteiger partial charge in [-0.3, -0.25) is 0 Å².